The molecule has 0 aromatic heterocycles. The summed E-state index contributed by atoms with van der Waals surface area (Å²) in [4.78, 5) is 0. The molecule has 1 fully saturated rings. The van der Waals surface area contributed by atoms with Gasteiger partial charge in [-0.1, -0.05) is 6.07 Å². The number of rotatable bonds is 2. The van der Waals surface area contributed by atoms with Gasteiger partial charge in [0.1, 0.15) is 5.82 Å². The van der Waals surface area contributed by atoms with Crippen molar-refractivity contribution in [2.45, 2.75) is 38.2 Å². The van der Waals surface area contributed by atoms with Crippen LogP contribution in [0.2, 0.25) is 0 Å². The molecule has 0 bridgehead atoms. The van der Waals surface area contributed by atoms with Crippen LogP contribution in [0.1, 0.15) is 37.8 Å². The summed E-state index contributed by atoms with van der Waals surface area (Å²) >= 11 is 0. The number of halogens is 3. The van der Waals surface area contributed by atoms with E-state index < -0.39 is 17.3 Å². The molecule has 1 saturated heterocycles. The zero-order valence-electron chi connectivity index (χ0n) is 9.99. The second-order valence-corrected chi connectivity index (χ2v) is 4.95. The molecular formula is C13H16F3N. The van der Waals surface area contributed by atoms with E-state index in [-0.39, 0.29) is 5.56 Å². The highest BCUT2D eigenvalue weighted by molar-refractivity contribution is 5.33. The zero-order chi connectivity index (χ0) is 12.7. The summed E-state index contributed by atoms with van der Waals surface area (Å²) in [5.74, 6) is -3.35. The van der Waals surface area contributed by atoms with E-state index in [4.69, 9.17) is 0 Å². The Labute approximate surface area is 99.0 Å². The lowest BCUT2D eigenvalue weighted by Gasteiger charge is -2.26. The third-order valence-corrected chi connectivity index (χ3v) is 3.44. The summed E-state index contributed by atoms with van der Waals surface area (Å²) in [5, 5.41) is 3.18. The monoisotopic (exact) mass is 243 g/mol. The van der Waals surface area contributed by atoms with Crippen LogP contribution < -0.4 is 5.32 Å². The molecule has 0 spiro atoms. The smallest absolute Gasteiger partial charge is 0.270 e. The lowest BCUT2D eigenvalue weighted by molar-refractivity contribution is 0.0172. The molecule has 4 heteroatoms. The molecule has 1 aliphatic rings. The first-order valence-electron chi connectivity index (χ1n) is 5.76. The van der Waals surface area contributed by atoms with Gasteiger partial charge in [0.25, 0.3) is 5.92 Å². The average Bonchev–Trinajstić information content (AvgIpc) is 2.65. The van der Waals surface area contributed by atoms with Crippen LogP contribution in [-0.2, 0) is 11.5 Å². The Hall–Kier alpha value is -1.03. The maximum atomic E-state index is 13.8. The summed E-state index contributed by atoms with van der Waals surface area (Å²) < 4.78 is 40.2. The van der Waals surface area contributed by atoms with E-state index in [0.29, 0.717) is 5.56 Å². The quantitative estimate of drug-likeness (QED) is 0.837. The Bertz CT molecular complexity index is 417. The van der Waals surface area contributed by atoms with Gasteiger partial charge in [0.15, 0.2) is 0 Å². The van der Waals surface area contributed by atoms with Gasteiger partial charge in [0.2, 0.25) is 0 Å². The maximum absolute atomic E-state index is 13.8. The molecule has 1 unspecified atom stereocenters. The van der Waals surface area contributed by atoms with Crippen LogP contribution in [0.3, 0.4) is 0 Å². The van der Waals surface area contributed by atoms with Crippen LogP contribution in [0, 0.1) is 5.82 Å². The normalized spacial score (nSPS) is 25.2. The van der Waals surface area contributed by atoms with E-state index in [1.54, 1.807) is 0 Å². The Morgan fingerprint density at radius 1 is 1.35 bits per heavy atom. The van der Waals surface area contributed by atoms with Gasteiger partial charge in [0.05, 0.1) is 0 Å². The van der Waals surface area contributed by atoms with Crippen LogP contribution in [0.4, 0.5) is 13.2 Å². The number of benzene rings is 1. The van der Waals surface area contributed by atoms with Crippen molar-refractivity contribution in [3.63, 3.8) is 0 Å². The summed E-state index contributed by atoms with van der Waals surface area (Å²) in [5.41, 5.74) is -0.316. The van der Waals surface area contributed by atoms with Gasteiger partial charge in [-0.25, -0.2) is 13.2 Å². The summed E-state index contributed by atoms with van der Waals surface area (Å²) in [6.45, 7) is 3.48. The molecule has 0 radical (unpaired) electrons. The highest BCUT2D eigenvalue weighted by atomic mass is 19.3. The van der Waals surface area contributed by atoms with E-state index in [0.717, 1.165) is 38.4 Å². The third-order valence-electron chi connectivity index (χ3n) is 3.44. The van der Waals surface area contributed by atoms with Crippen LogP contribution >= 0.6 is 0 Å². The van der Waals surface area contributed by atoms with Gasteiger partial charge in [-0.05, 0) is 38.4 Å². The second kappa shape index (κ2) is 4.02. The highest BCUT2D eigenvalue weighted by Gasteiger charge is 2.34. The Morgan fingerprint density at radius 2 is 2.06 bits per heavy atom. The Morgan fingerprint density at radius 3 is 2.59 bits per heavy atom. The largest absolute Gasteiger partial charge is 0.308 e. The first-order chi connectivity index (χ1) is 7.83. The Balaban J connectivity index is 2.46. The lowest BCUT2D eigenvalue weighted by atomic mass is 9.88. The summed E-state index contributed by atoms with van der Waals surface area (Å²) in [6.07, 6.45) is 1.70. The van der Waals surface area contributed by atoms with Crippen molar-refractivity contribution in [2.24, 2.45) is 0 Å². The van der Waals surface area contributed by atoms with E-state index >= 15 is 0 Å². The van der Waals surface area contributed by atoms with Gasteiger partial charge >= 0.3 is 0 Å². The minimum atomic E-state index is -2.93. The van der Waals surface area contributed by atoms with E-state index in [1.165, 1.54) is 6.07 Å². The molecule has 1 aromatic rings. The van der Waals surface area contributed by atoms with Gasteiger partial charge in [-0.3, -0.25) is 0 Å². The maximum Gasteiger partial charge on any atom is 0.270 e. The van der Waals surface area contributed by atoms with Crippen LogP contribution in [0.15, 0.2) is 18.2 Å². The molecule has 1 nitrogen and oxygen atoms in total. The minimum absolute atomic E-state index is 0.135. The summed E-state index contributed by atoms with van der Waals surface area (Å²) in [6, 6.07) is 3.57. The first-order valence-corrected chi connectivity index (χ1v) is 5.76. The predicted octanol–water partition coefficient (Wildman–Crippen LogP) is 3.54. The molecule has 1 heterocycles. The highest BCUT2D eigenvalue weighted by Crippen LogP contribution is 2.35. The zero-order valence-corrected chi connectivity index (χ0v) is 9.99. The van der Waals surface area contributed by atoms with Crippen molar-refractivity contribution in [1.82, 2.24) is 5.32 Å². The molecular weight excluding hydrogens is 227 g/mol. The molecule has 0 saturated carbocycles. The molecule has 2 rings (SSSR count). The lowest BCUT2D eigenvalue weighted by Crippen LogP contribution is -2.34. The fourth-order valence-electron chi connectivity index (χ4n) is 2.35. The Kier molecular flexibility index (Phi) is 2.94. The van der Waals surface area contributed by atoms with Crippen molar-refractivity contribution < 1.29 is 13.2 Å². The molecule has 1 aliphatic heterocycles. The van der Waals surface area contributed by atoms with Gasteiger partial charge in [-0.2, -0.15) is 0 Å². The van der Waals surface area contributed by atoms with Crippen molar-refractivity contribution in [3.05, 3.63) is 35.1 Å². The average molecular weight is 243 g/mol. The van der Waals surface area contributed by atoms with Crippen molar-refractivity contribution in [3.8, 4) is 0 Å². The van der Waals surface area contributed by atoms with Crippen molar-refractivity contribution in [1.29, 1.82) is 0 Å². The van der Waals surface area contributed by atoms with Crippen LogP contribution in [0.25, 0.3) is 0 Å². The topological polar surface area (TPSA) is 12.0 Å². The molecule has 1 N–H and O–H groups in total. The minimum Gasteiger partial charge on any atom is -0.308 e. The molecule has 1 atom stereocenters. The van der Waals surface area contributed by atoms with Gasteiger partial charge in [-0.15, -0.1) is 0 Å². The number of nitrogens with one attached hydrogen (secondary N) is 1. The molecule has 94 valence electrons. The van der Waals surface area contributed by atoms with Gasteiger partial charge < -0.3 is 5.32 Å². The molecule has 1 aromatic carbocycles. The van der Waals surface area contributed by atoms with E-state index in [1.807, 2.05) is 6.92 Å². The first kappa shape index (κ1) is 12.4. The molecule has 0 aliphatic carbocycles. The number of hydrogen-bond acceptors (Lipinski definition) is 1. The molecule has 17 heavy (non-hydrogen) atoms. The summed E-state index contributed by atoms with van der Waals surface area (Å²) in [7, 11) is 0. The fraction of sp³-hybridized carbons (Fsp3) is 0.538. The predicted molar refractivity (Wildman–Crippen MR) is 60.6 cm³/mol. The van der Waals surface area contributed by atoms with Crippen molar-refractivity contribution >= 4 is 0 Å². The van der Waals surface area contributed by atoms with Crippen LogP contribution in [0.5, 0.6) is 0 Å². The van der Waals surface area contributed by atoms with Crippen LogP contribution in [-0.4, -0.2) is 6.54 Å². The van der Waals surface area contributed by atoms with Gasteiger partial charge in [0, 0.05) is 23.6 Å². The van der Waals surface area contributed by atoms with Crippen molar-refractivity contribution in [2.75, 3.05) is 6.54 Å². The number of alkyl halides is 2. The number of hydrogen-bond donors (Lipinski definition) is 1. The standard InChI is InChI=1S/C13H16F3N/c1-12(6-3-7-17-12)10-8-9(13(2,15)16)4-5-11(10)14/h4-5,8,17H,3,6-7H2,1-2H3. The molecule has 0 amide bonds. The SMILES string of the molecule is CC(F)(F)c1ccc(F)c(C2(C)CCCN2)c1. The van der Waals surface area contributed by atoms with E-state index in [2.05, 4.69) is 5.32 Å². The van der Waals surface area contributed by atoms with E-state index in [9.17, 15) is 13.2 Å². The second-order valence-electron chi connectivity index (χ2n) is 4.95. The fourth-order valence-corrected chi connectivity index (χ4v) is 2.35. The third kappa shape index (κ3) is 2.32.